The van der Waals surface area contributed by atoms with E-state index in [1.54, 1.807) is 6.92 Å². The highest BCUT2D eigenvalue weighted by molar-refractivity contribution is 7.20. The Balaban J connectivity index is 1.97. The van der Waals surface area contributed by atoms with Gasteiger partial charge >= 0.3 is 5.97 Å². The molecule has 1 aliphatic heterocycles. The van der Waals surface area contributed by atoms with E-state index in [0.29, 0.717) is 18.0 Å². The number of hydrogen-bond donors (Lipinski definition) is 1. The predicted molar refractivity (Wildman–Crippen MR) is 93.8 cm³/mol. The molecule has 0 bridgehead atoms. The lowest BCUT2D eigenvalue weighted by molar-refractivity contribution is 0.0331. The number of fused-ring (bicyclic) bond motifs is 1. The Bertz CT molecular complexity index is 740. The van der Waals surface area contributed by atoms with Crippen LogP contribution in [0.15, 0.2) is 0 Å². The molecule has 0 aromatic carbocycles. The van der Waals surface area contributed by atoms with Gasteiger partial charge in [-0.2, -0.15) is 0 Å². The van der Waals surface area contributed by atoms with Crippen molar-refractivity contribution in [3.05, 3.63) is 16.3 Å². The fourth-order valence-corrected chi connectivity index (χ4v) is 3.88. The second-order valence-electron chi connectivity index (χ2n) is 5.58. The lowest BCUT2D eigenvalue weighted by Crippen LogP contribution is -2.36. The maximum atomic E-state index is 12.1. The number of esters is 1. The second kappa shape index (κ2) is 7.42. The first-order valence-corrected chi connectivity index (χ1v) is 8.90. The minimum atomic E-state index is -0.296. The summed E-state index contributed by atoms with van der Waals surface area (Å²) in [4.78, 5) is 25.1. The summed E-state index contributed by atoms with van der Waals surface area (Å²) in [7, 11) is 1.83. The van der Waals surface area contributed by atoms with Gasteiger partial charge in [-0.3, -0.25) is 4.90 Å². The van der Waals surface area contributed by atoms with Crippen molar-refractivity contribution in [3.8, 4) is 0 Å². The van der Waals surface area contributed by atoms with Crippen molar-refractivity contribution in [2.24, 2.45) is 0 Å². The van der Waals surface area contributed by atoms with Gasteiger partial charge in [0.05, 0.1) is 31.8 Å². The zero-order chi connectivity index (χ0) is 17.1. The van der Waals surface area contributed by atoms with E-state index in [1.807, 2.05) is 14.0 Å². The molecule has 1 N–H and O–H groups in total. The van der Waals surface area contributed by atoms with Crippen LogP contribution in [-0.4, -0.2) is 60.8 Å². The van der Waals surface area contributed by atoms with Crippen LogP contribution in [0.4, 0.5) is 5.82 Å². The van der Waals surface area contributed by atoms with Gasteiger partial charge in [0.25, 0.3) is 0 Å². The highest BCUT2D eigenvalue weighted by atomic mass is 32.1. The van der Waals surface area contributed by atoms with Gasteiger partial charge in [0.1, 0.15) is 21.3 Å². The number of rotatable bonds is 5. The number of carbonyl (C=O) groups is 1. The molecule has 7 nitrogen and oxygen atoms in total. The van der Waals surface area contributed by atoms with Crippen LogP contribution in [0.5, 0.6) is 0 Å². The Morgan fingerprint density at radius 2 is 2.12 bits per heavy atom. The molecule has 3 heterocycles. The monoisotopic (exact) mass is 350 g/mol. The quantitative estimate of drug-likeness (QED) is 0.827. The summed E-state index contributed by atoms with van der Waals surface area (Å²) in [5.74, 6) is 1.22. The lowest BCUT2D eigenvalue weighted by atomic mass is 10.2. The maximum Gasteiger partial charge on any atom is 0.348 e. The van der Waals surface area contributed by atoms with Crippen LogP contribution in [0.1, 0.15) is 28.0 Å². The first-order valence-electron chi connectivity index (χ1n) is 8.09. The summed E-state index contributed by atoms with van der Waals surface area (Å²) < 4.78 is 10.5. The van der Waals surface area contributed by atoms with Crippen LogP contribution < -0.4 is 5.32 Å². The van der Waals surface area contributed by atoms with E-state index in [-0.39, 0.29) is 5.97 Å². The van der Waals surface area contributed by atoms with Crippen molar-refractivity contribution in [2.45, 2.75) is 20.4 Å². The van der Waals surface area contributed by atoms with E-state index in [2.05, 4.69) is 20.2 Å². The normalized spacial score (nSPS) is 15.6. The van der Waals surface area contributed by atoms with Gasteiger partial charge in [0, 0.05) is 20.1 Å². The molecule has 1 fully saturated rings. The van der Waals surface area contributed by atoms with Gasteiger partial charge in [-0.1, -0.05) is 0 Å². The standard InChI is InChI=1S/C16H22N4O3S/c1-4-23-16(21)13-10(2)12-14(17-3)18-11(19-15(12)24-13)9-20-5-7-22-8-6-20/h4-9H2,1-3H3,(H,17,18,19). The molecule has 1 aliphatic rings. The number of carbonyl (C=O) groups excluding carboxylic acids is 1. The molecule has 0 saturated carbocycles. The van der Waals surface area contributed by atoms with Crippen molar-refractivity contribution in [3.63, 3.8) is 0 Å². The third kappa shape index (κ3) is 3.35. The average molecular weight is 350 g/mol. The minimum absolute atomic E-state index is 0.296. The lowest BCUT2D eigenvalue weighted by Gasteiger charge is -2.25. The molecule has 0 unspecified atom stereocenters. The number of aryl methyl sites for hydroxylation is 1. The summed E-state index contributed by atoms with van der Waals surface area (Å²) in [6.45, 7) is 8.01. The molecule has 2 aromatic heterocycles. The van der Waals surface area contributed by atoms with Crippen LogP contribution in [0, 0.1) is 6.92 Å². The molecule has 0 spiro atoms. The molecule has 3 rings (SSSR count). The zero-order valence-electron chi connectivity index (χ0n) is 14.2. The van der Waals surface area contributed by atoms with Crippen molar-refractivity contribution in [1.82, 2.24) is 14.9 Å². The third-order valence-corrected chi connectivity index (χ3v) is 5.17. The van der Waals surface area contributed by atoms with Crippen molar-refractivity contribution < 1.29 is 14.3 Å². The van der Waals surface area contributed by atoms with Crippen molar-refractivity contribution in [2.75, 3.05) is 45.3 Å². The van der Waals surface area contributed by atoms with Gasteiger partial charge in [-0.05, 0) is 19.4 Å². The molecule has 0 amide bonds. The number of anilines is 1. The summed E-state index contributed by atoms with van der Waals surface area (Å²) in [5, 5.41) is 4.03. The SMILES string of the molecule is CCOC(=O)c1sc2nc(CN3CCOCC3)nc(NC)c2c1C. The fourth-order valence-electron chi connectivity index (χ4n) is 2.79. The van der Waals surface area contributed by atoms with Crippen LogP contribution in [0.2, 0.25) is 0 Å². The van der Waals surface area contributed by atoms with Crippen LogP contribution in [0.3, 0.4) is 0 Å². The predicted octanol–water partition coefficient (Wildman–Crippen LogP) is 2.05. The van der Waals surface area contributed by atoms with Gasteiger partial charge in [-0.15, -0.1) is 11.3 Å². The van der Waals surface area contributed by atoms with E-state index < -0.39 is 0 Å². The number of ether oxygens (including phenoxy) is 2. The van der Waals surface area contributed by atoms with Gasteiger partial charge in [-0.25, -0.2) is 14.8 Å². The minimum Gasteiger partial charge on any atom is -0.462 e. The van der Waals surface area contributed by atoms with Crippen LogP contribution >= 0.6 is 11.3 Å². The highest BCUT2D eigenvalue weighted by Gasteiger charge is 2.22. The number of hydrogen-bond acceptors (Lipinski definition) is 8. The largest absolute Gasteiger partial charge is 0.462 e. The van der Waals surface area contributed by atoms with Crippen molar-refractivity contribution >= 4 is 33.3 Å². The van der Waals surface area contributed by atoms with Gasteiger partial charge < -0.3 is 14.8 Å². The van der Waals surface area contributed by atoms with Crippen molar-refractivity contribution in [1.29, 1.82) is 0 Å². The Kier molecular flexibility index (Phi) is 5.27. The van der Waals surface area contributed by atoms with E-state index in [9.17, 15) is 4.79 Å². The molecule has 0 aliphatic carbocycles. The molecule has 2 aromatic rings. The number of morpholine rings is 1. The number of aromatic nitrogens is 2. The Morgan fingerprint density at radius 3 is 2.79 bits per heavy atom. The first kappa shape index (κ1) is 17.1. The van der Waals surface area contributed by atoms with Gasteiger partial charge in [0.2, 0.25) is 0 Å². The zero-order valence-corrected chi connectivity index (χ0v) is 15.0. The molecule has 0 radical (unpaired) electrons. The first-order chi connectivity index (χ1) is 11.6. The summed E-state index contributed by atoms with van der Waals surface area (Å²) >= 11 is 1.37. The molecule has 1 saturated heterocycles. The Labute approximate surface area is 145 Å². The number of nitrogens with zero attached hydrogens (tertiary/aromatic N) is 3. The van der Waals surface area contributed by atoms with E-state index >= 15 is 0 Å². The third-order valence-electron chi connectivity index (χ3n) is 4.00. The van der Waals surface area contributed by atoms with Gasteiger partial charge in [0.15, 0.2) is 0 Å². The number of nitrogens with one attached hydrogen (secondary N) is 1. The van der Waals surface area contributed by atoms with E-state index in [1.165, 1.54) is 11.3 Å². The Hall–Kier alpha value is -1.77. The summed E-state index contributed by atoms with van der Waals surface area (Å²) in [6, 6.07) is 0. The smallest absolute Gasteiger partial charge is 0.348 e. The molecular formula is C16H22N4O3S. The highest BCUT2D eigenvalue weighted by Crippen LogP contribution is 2.34. The molecule has 0 atom stereocenters. The fraction of sp³-hybridized carbons (Fsp3) is 0.562. The molecular weight excluding hydrogens is 328 g/mol. The summed E-state index contributed by atoms with van der Waals surface area (Å²) in [6.07, 6.45) is 0. The summed E-state index contributed by atoms with van der Waals surface area (Å²) in [5.41, 5.74) is 0.871. The van der Waals surface area contributed by atoms with E-state index in [4.69, 9.17) is 9.47 Å². The molecule has 130 valence electrons. The molecule has 8 heteroatoms. The number of thiophene rings is 1. The van der Waals surface area contributed by atoms with Crippen LogP contribution in [-0.2, 0) is 16.0 Å². The average Bonchev–Trinajstić information content (AvgIpc) is 2.92. The van der Waals surface area contributed by atoms with E-state index in [0.717, 1.165) is 53.7 Å². The molecule has 24 heavy (non-hydrogen) atoms. The Morgan fingerprint density at radius 1 is 1.38 bits per heavy atom. The second-order valence-corrected chi connectivity index (χ2v) is 6.58. The topological polar surface area (TPSA) is 76.6 Å². The van der Waals surface area contributed by atoms with Crippen LogP contribution in [0.25, 0.3) is 10.2 Å². The maximum absolute atomic E-state index is 12.1.